The van der Waals surface area contributed by atoms with E-state index < -0.39 is 32.5 Å². The Hall–Kier alpha value is -1.77. The molecule has 10 heteroatoms. The van der Waals surface area contributed by atoms with Crippen LogP contribution in [0.3, 0.4) is 0 Å². The van der Waals surface area contributed by atoms with Crippen molar-refractivity contribution < 1.29 is 37.6 Å². The van der Waals surface area contributed by atoms with E-state index in [9.17, 15) is 19.0 Å². The van der Waals surface area contributed by atoms with Gasteiger partial charge in [-0.1, -0.05) is 172 Å². The Kier molecular flexibility index (Phi) is 40.5. The van der Waals surface area contributed by atoms with Gasteiger partial charge in [-0.15, -0.1) is 0 Å². The molecule has 0 radical (unpaired) electrons. The van der Waals surface area contributed by atoms with Gasteiger partial charge in [-0.3, -0.25) is 18.6 Å². The molecule has 0 aliphatic carbocycles. The largest absolute Gasteiger partial charge is 0.472 e. The van der Waals surface area contributed by atoms with Gasteiger partial charge in [0.15, 0.2) is 6.10 Å². The summed E-state index contributed by atoms with van der Waals surface area (Å²) in [5.74, 6) is -0.909. The molecule has 0 saturated carbocycles. The Bertz CT molecular complexity index is 1000. The van der Waals surface area contributed by atoms with Gasteiger partial charge in [-0.05, 0) is 57.8 Å². The molecule has 2 unspecified atom stereocenters. The Morgan fingerprint density at radius 1 is 0.545 bits per heavy atom. The lowest BCUT2D eigenvalue weighted by molar-refractivity contribution is -0.161. The van der Waals surface area contributed by atoms with Gasteiger partial charge >= 0.3 is 19.8 Å². The highest BCUT2D eigenvalue weighted by Crippen LogP contribution is 2.43. The summed E-state index contributed by atoms with van der Waals surface area (Å²) in [4.78, 5) is 34.8. The van der Waals surface area contributed by atoms with E-state index in [1.165, 1.54) is 128 Å². The second-order valence-corrected chi connectivity index (χ2v) is 16.4. The number of allylic oxidation sites excluding steroid dienone is 6. The number of phosphoric ester groups is 1. The van der Waals surface area contributed by atoms with E-state index in [1.807, 2.05) is 12.2 Å². The second kappa shape index (κ2) is 41.9. The number of hydrogen-bond donors (Lipinski definition) is 2. The monoisotopic (exact) mass is 798 g/mol. The maximum atomic E-state index is 12.5. The molecule has 0 bridgehead atoms. The molecular weight excluding hydrogens is 713 g/mol. The van der Waals surface area contributed by atoms with Crippen molar-refractivity contribution >= 4 is 19.8 Å². The third-order valence-electron chi connectivity index (χ3n) is 9.51. The van der Waals surface area contributed by atoms with Crippen LogP contribution < -0.4 is 5.73 Å². The van der Waals surface area contributed by atoms with Crippen molar-refractivity contribution in [1.29, 1.82) is 0 Å². The lowest BCUT2D eigenvalue weighted by Crippen LogP contribution is -2.29. The van der Waals surface area contributed by atoms with Gasteiger partial charge in [-0.2, -0.15) is 0 Å². The molecule has 0 aliphatic rings. The van der Waals surface area contributed by atoms with E-state index in [0.717, 1.165) is 44.9 Å². The van der Waals surface area contributed by atoms with Crippen LogP contribution in [-0.4, -0.2) is 49.3 Å². The van der Waals surface area contributed by atoms with E-state index in [2.05, 4.69) is 38.2 Å². The normalized spacial score (nSPS) is 13.6. The highest BCUT2D eigenvalue weighted by molar-refractivity contribution is 7.47. The molecular formula is C45H84NO8P. The van der Waals surface area contributed by atoms with Crippen LogP contribution in [-0.2, 0) is 32.7 Å². The molecule has 55 heavy (non-hydrogen) atoms. The van der Waals surface area contributed by atoms with Crippen LogP contribution in [0.1, 0.15) is 206 Å². The van der Waals surface area contributed by atoms with Crippen LogP contribution in [0.25, 0.3) is 0 Å². The zero-order valence-electron chi connectivity index (χ0n) is 35.4. The summed E-state index contributed by atoms with van der Waals surface area (Å²) in [6, 6.07) is 0. The Morgan fingerprint density at radius 2 is 0.982 bits per heavy atom. The molecule has 0 heterocycles. The Labute approximate surface area is 337 Å². The minimum Gasteiger partial charge on any atom is -0.462 e. The van der Waals surface area contributed by atoms with E-state index in [-0.39, 0.29) is 32.6 Å². The van der Waals surface area contributed by atoms with Crippen molar-refractivity contribution in [3.05, 3.63) is 36.5 Å². The summed E-state index contributed by atoms with van der Waals surface area (Å²) in [5.41, 5.74) is 5.34. The van der Waals surface area contributed by atoms with E-state index in [1.54, 1.807) is 0 Å². The van der Waals surface area contributed by atoms with E-state index >= 15 is 0 Å². The SMILES string of the molecule is CCCCCCCC/C=C/C/C=C/CCC(=O)OC(COC(=O)CCCCCCCCC/C=C/CCCCCCCCCCCC)COP(=O)(O)OCCN. The number of hydrogen-bond acceptors (Lipinski definition) is 8. The fourth-order valence-electron chi connectivity index (χ4n) is 6.15. The minimum atomic E-state index is -4.39. The van der Waals surface area contributed by atoms with Gasteiger partial charge in [0.05, 0.1) is 13.2 Å². The standard InChI is InChI=1S/C45H84NO8P/c1-3-5-7-9-11-13-15-17-18-19-20-21-22-23-24-26-27-29-31-33-35-37-44(47)51-41-43(42-53-55(49,50)52-40-39-46)54-45(48)38-36-34-32-30-28-25-16-14-12-10-8-6-4-2/h21-22,25,28,32,34,43H,3-20,23-24,26-27,29-31,33,35-42,46H2,1-2H3,(H,49,50)/b22-21+,28-25+,34-32+. The molecule has 0 saturated heterocycles. The average molecular weight is 798 g/mol. The number of carbonyl (C=O) groups is 2. The molecule has 3 N–H and O–H groups in total. The van der Waals surface area contributed by atoms with Gasteiger partial charge in [0.2, 0.25) is 0 Å². The highest BCUT2D eigenvalue weighted by atomic mass is 31.2. The highest BCUT2D eigenvalue weighted by Gasteiger charge is 2.25. The molecule has 322 valence electrons. The average Bonchev–Trinajstić information content (AvgIpc) is 3.17. The number of carbonyl (C=O) groups excluding carboxylic acids is 2. The summed E-state index contributed by atoms with van der Waals surface area (Å²) < 4.78 is 32.7. The zero-order chi connectivity index (χ0) is 40.3. The molecule has 0 aromatic heterocycles. The molecule has 0 rings (SSSR count). The Balaban J connectivity index is 4.13. The van der Waals surface area contributed by atoms with Crippen LogP contribution in [0.2, 0.25) is 0 Å². The van der Waals surface area contributed by atoms with E-state index in [4.69, 9.17) is 24.3 Å². The van der Waals surface area contributed by atoms with Crippen molar-refractivity contribution in [2.45, 2.75) is 213 Å². The van der Waals surface area contributed by atoms with Crippen molar-refractivity contribution in [2.75, 3.05) is 26.4 Å². The number of ether oxygens (including phenoxy) is 2. The fraction of sp³-hybridized carbons (Fsp3) is 0.822. The number of rotatable bonds is 42. The summed E-state index contributed by atoms with van der Waals surface area (Å²) in [5, 5.41) is 0. The van der Waals surface area contributed by atoms with E-state index in [0.29, 0.717) is 6.42 Å². The Morgan fingerprint density at radius 3 is 1.47 bits per heavy atom. The zero-order valence-corrected chi connectivity index (χ0v) is 36.3. The van der Waals surface area contributed by atoms with Gasteiger partial charge in [0, 0.05) is 19.4 Å². The number of esters is 2. The second-order valence-electron chi connectivity index (χ2n) is 14.9. The third-order valence-corrected chi connectivity index (χ3v) is 10.5. The van der Waals surface area contributed by atoms with Crippen molar-refractivity contribution in [3.8, 4) is 0 Å². The molecule has 0 fully saturated rings. The number of nitrogens with two attached hydrogens (primary N) is 1. The predicted octanol–water partition coefficient (Wildman–Crippen LogP) is 12.9. The molecule has 0 aromatic carbocycles. The van der Waals surface area contributed by atoms with Crippen LogP contribution >= 0.6 is 7.82 Å². The molecule has 0 aromatic rings. The molecule has 0 amide bonds. The van der Waals surface area contributed by atoms with Crippen LogP contribution in [0, 0.1) is 0 Å². The molecule has 0 spiro atoms. The maximum Gasteiger partial charge on any atom is 0.472 e. The molecule has 2 atom stereocenters. The van der Waals surface area contributed by atoms with Gasteiger partial charge in [-0.25, -0.2) is 4.57 Å². The maximum absolute atomic E-state index is 12.5. The number of unbranched alkanes of at least 4 members (excludes halogenated alkanes) is 23. The molecule has 9 nitrogen and oxygen atoms in total. The topological polar surface area (TPSA) is 134 Å². The van der Waals surface area contributed by atoms with Crippen LogP contribution in [0.15, 0.2) is 36.5 Å². The lowest BCUT2D eigenvalue weighted by atomic mass is 10.1. The quantitative estimate of drug-likeness (QED) is 0.0268. The van der Waals surface area contributed by atoms with Crippen LogP contribution in [0.5, 0.6) is 0 Å². The van der Waals surface area contributed by atoms with Crippen molar-refractivity contribution in [2.24, 2.45) is 5.73 Å². The van der Waals surface area contributed by atoms with Gasteiger partial charge < -0.3 is 20.1 Å². The summed E-state index contributed by atoms with van der Waals surface area (Å²) in [6.07, 6.45) is 46.3. The summed E-state index contributed by atoms with van der Waals surface area (Å²) >= 11 is 0. The first-order valence-corrected chi connectivity index (χ1v) is 24.0. The smallest absolute Gasteiger partial charge is 0.462 e. The van der Waals surface area contributed by atoms with Gasteiger partial charge in [0.25, 0.3) is 0 Å². The summed E-state index contributed by atoms with van der Waals surface area (Å²) in [6.45, 7) is 3.66. The molecule has 0 aliphatic heterocycles. The fourth-order valence-corrected chi connectivity index (χ4v) is 6.92. The number of phosphoric acid groups is 1. The van der Waals surface area contributed by atoms with Gasteiger partial charge in [0.1, 0.15) is 6.61 Å². The van der Waals surface area contributed by atoms with Crippen LogP contribution in [0.4, 0.5) is 0 Å². The summed E-state index contributed by atoms with van der Waals surface area (Å²) in [7, 11) is -4.39. The first-order chi connectivity index (χ1) is 26.8. The minimum absolute atomic E-state index is 0.0451. The van der Waals surface area contributed by atoms with Crippen molar-refractivity contribution in [3.63, 3.8) is 0 Å². The first-order valence-electron chi connectivity index (χ1n) is 22.5. The first kappa shape index (κ1) is 53.2. The van der Waals surface area contributed by atoms with Crippen molar-refractivity contribution in [1.82, 2.24) is 0 Å². The predicted molar refractivity (Wildman–Crippen MR) is 229 cm³/mol. The lowest BCUT2D eigenvalue weighted by Gasteiger charge is -2.19. The third kappa shape index (κ3) is 41.7.